The number of piperidine rings is 1. The van der Waals surface area contributed by atoms with Gasteiger partial charge in [-0.2, -0.15) is 4.31 Å². The predicted molar refractivity (Wildman–Crippen MR) is 114 cm³/mol. The van der Waals surface area contributed by atoms with Crippen LogP contribution in [0.1, 0.15) is 30.1 Å². The van der Waals surface area contributed by atoms with E-state index >= 15 is 0 Å². The monoisotopic (exact) mass is 470 g/mol. The highest BCUT2D eigenvalue weighted by atomic mass is 32.2. The van der Waals surface area contributed by atoms with E-state index < -0.39 is 27.9 Å². The van der Waals surface area contributed by atoms with Gasteiger partial charge in [0.05, 0.1) is 30.8 Å². The lowest BCUT2D eigenvalue weighted by Gasteiger charge is -2.33. The third-order valence-electron chi connectivity index (χ3n) is 5.22. The Morgan fingerprint density at radius 1 is 1.12 bits per heavy atom. The first-order chi connectivity index (χ1) is 15.3. The zero-order valence-corrected chi connectivity index (χ0v) is 19.4. The first-order valence-corrected chi connectivity index (χ1v) is 11.8. The Labute approximate surface area is 188 Å². The van der Waals surface area contributed by atoms with Crippen LogP contribution in [0.4, 0.5) is 0 Å². The summed E-state index contributed by atoms with van der Waals surface area (Å²) in [5, 5.41) is 0. The van der Waals surface area contributed by atoms with E-state index in [1.807, 2.05) is 0 Å². The van der Waals surface area contributed by atoms with Gasteiger partial charge in [-0.3, -0.25) is 9.59 Å². The molecule has 1 heterocycles. The number of carbonyl (C=O) groups is 3. The summed E-state index contributed by atoms with van der Waals surface area (Å²) in [6.45, 7) is 2.46. The maximum atomic E-state index is 13.1. The van der Waals surface area contributed by atoms with Crippen molar-refractivity contribution in [1.29, 1.82) is 0 Å². The van der Waals surface area contributed by atoms with Crippen molar-refractivity contribution in [1.82, 2.24) is 9.21 Å². The number of benzene rings is 1. The molecule has 0 bridgehead atoms. The number of rotatable bonds is 10. The Kier molecular flexibility index (Phi) is 9.60. The maximum absolute atomic E-state index is 13.1. The minimum Gasteiger partial charge on any atom is -0.465 e. The summed E-state index contributed by atoms with van der Waals surface area (Å²) >= 11 is 0. The summed E-state index contributed by atoms with van der Waals surface area (Å²) in [5.41, 5.74) is -0.0339. The fourth-order valence-electron chi connectivity index (χ4n) is 3.54. The first kappa shape index (κ1) is 25.8. The van der Waals surface area contributed by atoms with E-state index in [4.69, 9.17) is 14.2 Å². The van der Waals surface area contributed by atoms with Crippen molar-refractivity contribution in [2.24, 2.45) is 5.92 Å². The molecule has 0 N–H and O–H groups in total. The molecule has 0 spiro atoms. The minimum atomic E-state index is -3.94. The number of sulfonamides is 1. The molecule has 1 saturated heterocycles. The second kappa shape index (κ2) is 11.9. The number of methoxy groups -OCH3 is 2. The summed E-state index contributed by atoms with van der Waals surface area (Å²) in [6, 6.07) is 5.87. The van der Waals surface area contributed by atoms with Gasteiger partial charge in [0, 0.05) is 32.7 Å². The highest BCUT2D eigenvalue weighted by Gasteiger charge is 2.36. The standard InChI is InChI=1S/C21H30N2O8S/c1-4-31-19(24)15-22(13-14-29-2)20(25)16-9-11-23(12-10-16)32(27,28)18-8-6-5-7-17(18)21(26)30-3/h5-8,16H,4,9-15H2,1-3H3. The molecule has 0 saturated carbocycles. The van der Waals surface area contributed by atoms with E-state index in [1.165, 1.54) is 35.6 Å². The second-order valence-corrected chi connectivity index (χ2v) is 9.13. The maximum Gasteiger partial charge on any atom is 0.339 e. The molecule has 1 amide bonds. The third-order valence-corrected chi connectivity index (χ3v) is 7.17. The minimum absolute atomic E-state index is 0.0339. The lowest BCUT2D eigenvalue weighted by Crippen LogP contribution is -2.46. The molecule has 0 radical (unpaired) electrons. The van der Waals surface area contributed by atoms with Gasteiger partial charge in [0.2, 0.25) is 15.9 Å². The molecule has 0 unspecified atom stereocenters. The molecule has 10 nitrogen and oxygen atoms in total. The van der Waals surface area contributed by atoms with E-state index in [0.717, 1.165) is 0 Å². The van der Waals surface area contributed by atoms with Crippen LogP contribution in [0.3, 0.4) is 0 Å². The summed E-state index contributed by atoms with van der Waals surface area (Å²) in [6.07, 6.45) is 0.593. The quantitative estimate of drug-likeness (QED) is 0.463. The molecule has 0 aromatic heterocycles. The van der Waals surface area contributed by atoms with E-state index in [0.29, 0.717) is 12.8 Å². The van der Waals surface area contributed by atoms with Gasteiger partial charge in [-0.05, 0) is 31.9 Å². The molecule has 0 aliphatic carbocycles. The molecule has 1 aliphatic heterocycles. The Morgan fingerprint density at radius 2 is 1.78 bits per heavy atom. The van der Waals surface area contributed by atoms with Gasteiger partial charge in [0.25, 0.3) is 0 Å². The van der Waals surface area contributed by atoms with Crippen LogP contribution in [0.2, 0.25) is 0 Å². The van der Waals surface area contributed by atoms with Crippen molar-refractivity contribution < 1.29 is 37.0 Å². The van der Waals surface area contributed by atoms with Crippen LogP contribution in [0.15, 0.2) is 29.2 Å². The zero-order chi connectivity index (χ0) is 23.7. The molecule has 178 valence electrons. The van der Waals surface area contributed by atoms with Gasteiger partial charge in [-0.25, -0.2) is 13.2 Å². The number of nitrogens with zero attached hydrogens (tertiary/aromatic N) is 2. The predicted octanol–water partition coefficient (Wildman–Crippen LogP) is 0.912. The van der Waals surface area contributed by atoms with Gasteiger partial charge < -0.3 is 19.1 Å². The van der Waals surface area contributed by atoms with Gasteiger partial charge in [0.15, 0.2) is 0 Å². The Bertz CT molecular complexity index is 910. The smallest absolute Gasteiger partial charge is 0.339 e. The van der Waals surface area contributed by atoms with Crippen molar-refractivity contribution in [3.63, 3.8) is 0 Å². The van der Waals surface area contributed by atoms with Gasteiger partial charge in [0.1, 0.15) is 6.54 Å². The number of amides is 1. The average molecular weight is 471 g/mol. The summed E-state index contributed by atoms with van der Waals surface area (Å²) < 4.78 is 42.2. The molecule has 2 rings (SSSR count). The summed E-state index contributed by atoms with van der Waals surface area (Å²) in [4.78, 5) is 38.1. The first-order valence-electron chi connectivity index (χ1n) is 10.4. The molecule has 1 aromatic rings. The van der Waals surface area contributed by atoms with E-state index in [9.17, 15) is 22.8 Å². The van der Waals surface area contributed by atoms with Crippen LogP contribution in [0.5, 0.6) is 0 Å². The normalized spacial score (nSPS) is 15.2. The number of ether oxygens (including phenoxy) is 3. The van der Waals surface area contributed by atoms with Crippen molar-refractivity contribution in [2.75, 3.05) is 53.6 Å². The largest absolute Gasteiger partial charge is 0.465 e. The van der Waals surface area contributed by atoms with Crippen molar-refractivity contribution in [3.8, 4) is 0 Å². The van der Waals surface area contributed by atoms with Gasteiger partial charge in [-0.1, -0.05) is 12.1 Å². The fourth-order valence-corrected chi connectivity index (χ4v) is 5.19. The van der Waals surface area contributed by atoms with Crippen LogP contribution in [0, 0.1) is 5.92 Å². The molecule has 11 heteroatoms. The molecule has 1 aliphatic rings. The molecule has 0 atom stereocenters. The Hall–Kier alpha value is -2.50. The third kappa shape index (κ3) is 6.27. The Balaban J connectivity index is 2.10. The van der Waals surface area contributed by atoms with E-state index in [-0.39, 0.29) is 55.8 Å². The van der Waals surface area contributed by atoms with E-state index in [2.05, 4.69) is 0 Å². The molecular weight excluding hydrogens is 440 g/mol. The number of esters is 2. The average Bonchev–Trinajstić information content (AvgIpc) is 2.81. The molecule has 1 fully saturated rings. The summed E-state index contributed by atoms with van der Waals surface area (Å²) in [7, 11) is -1.25. The van der Waals surface area contributed by atoms with Crippen LogP contribution < -0.4 is 0 Å². The SMILES string of the molecule is CCOC(=O)CN(CCOC)C(=O)C1CCN(S(=O)(=O)c2ccccc2C(=O)OC)CC1. The van der Waals surface area contributed by atoms with Crippen molar-refractivity contribution in [3.05, 3.63) is 29.8 Å². The topological polar surface area (TPSA) is 120 Å². The number of hydrogen-bond donors (Lipinski definition) is 0. The van der Waals surface area contributed by atoms with Crippen LogP contribution >= 0.6 is 0 Å². The van der Waals surface area contributed by atoms with Crippen LogP contribution in [0.25, 0.3) is 0 Å². The van der Waals surface area contributed by atoms with E-state index in [1.54, 1.807) is 19.1 Å². The van der Waals surface area contributed by atoms with Crippen LogP contribution in [-0.2, 0) is 33.8 Å². The molecular formula is C21H30N2O8S. The zero-order valence-electron chi connectivity index (χ0n) is 18.6. The Morgan fingerprint density at radius 3 is 2.38 bits per heavy atom. The molecule has 32 heavy (non-hydrogen) atoms. The lowest BCUT2D eigenvalue weighted by molar-refractivity contribution is -0.151. The van der Waals surface area contributed by atoms with Crippen molar-refractivity contribution in [2.45, 2.75) is 24.7 Å². The highest BCUT2D eigenvalue weighted by Crippen LogP contribution is 2.27. The number of carbonyl (C=O) groups excluding carboxylic acids is 3. The van der Waals surface area contributed by atoms with Crippen LogP contribution in [-0.4, -0.2) is 89.1 Å². The fraction of sp³-hybridized carbons (Fsp3) is 0.571. The second-order valence-electron chi connectivity index (χ2n) is 7.22. The van der Waals surface area contributed by atoms with Crippen molar-refractivity contribution >= 4 is 27.9 Å². The number of hydrogen-bond acceptors (Lipinski definition) is 8. The van der Waals surface area contributed by atoms with Gasteiger partial charge in [-0.15, -0.1) is 0 Å². The summed E-state index contributed by atoms with van der Waals surface area (Å²) in [5.74, 6) is -1.90. The van der Waals surface area contributed by atoms with Gasteiger partial charge >= 0.3 is 11.9 Å². The lowest BCUT2D eigenvalue weighted by atomic mass is 9.96. The highest BCUT2D eigenvalue weighted by molar-refractivity contribution is 7.89. The molecule has 1 aromatic carbocycles.